The Hall–Kier alpha value is -2.44. The van der Waals surface area contributed by atoms with E-state index in [0.29, 0.717) is 18.8 Å². The number of nitrogens with one attached hydrogen (secondary N) is 1. The minimum Gasteiger partial charge on any atom is -0.383 e. The topological polar surface area (TPSA) is 58.2 Å². The number of aromatic amines is 1. The van der Waals surface area contributed by atoms with Crippen molar-refractivity contribution >= 4 is 17.2 Å². The number of nitrogens with zero attached hydrogens (tertiary/aromatic N) is 2. The van der Waals surface area contributed by atoms with E-state index in [2.05, 4.69) is 16.3 Å². The van der Waals surface area contributed by atoms with Gasteiger partial charge in [-0.25, -0.2) is 0 Å². The maximum Gasteiger partial charge on any atom is 0.273 e. The Morgan fingerprint density at radius 2 is 2.08 bits per heavy atom. The standard InChI is InChI=1S/C18H17N3O2S/c1-23-10-9-21-17(13-8-5-11-24-13)14-15(12-6-3-2-4-7-12)19-20-16(14)18(21)22/h2-8,11,17H,9-10H2,1H3,(H,19,20). The summed E-state index contributed by atoms with van der Waals surface area (Å²) in [6.07, 6.45) is 0. The minimum atomic E-state index is -0.114. The third kappa shape index (κ3) is 2.35. The summed E-state index contributed by atoms with van der Waals surface area (Å²) >= 11 is 1.65. The molecule has 1 aliphatic heterocycles. The predicted octanol–water partition coefficient (Wildman–Crippen LogP) is 3.33. The molecule has 1 aromatic carbocycles. The van der Waals surface area contributed by atoms with E-state index in [1.807, 2.05) is 46.7 Å². The number of rotatable bonds is 5. The second-order valence-electron chi connectivity index (χ2n) is 5.64. The molecule has 5 nitrogen and oxygen atoms in total. The van der Waals surface area contributed by atoms with Crippen molar-refractivity contribution in [3.05, 3.63) is 64.0 Å². The number of aromatic nitrogens is 2. The average molecular weight is 339 g/mol. The van der Waals surface area contributed by atoms with Crippen molar-refractivity contribution in [2.24, 2.45) is 0 Å². The van der Waals surface area contributed by atoms with Crippen molar-refractivity contribution in [1.82, 2.24) is 15.1 Å². The van der Waals surface area contributed by atoms with Crippen molar-refractivity contribution in [3.63, 3.8) is 0 Å². The van der Waals surface area contributed by atoms with E-state index in [1.165, 1.54) is 0 Å². The van der Waals surface area contributed by atoms with Crippen molar-refractivity contribution in [2.45, 2.75) is 6.04 Å². The molecule has 2 aromatic heterocycles. The monoisotopic (exact) mass is 339 g/mol. The van der Waals surface area contributed by atoms with Crippen LogP contribution < -0.4 is 0 Å². The van der Waals surface area contributed by atoms with Crippen LogP contribution in [0.1, 0.15) is 27.0 Å². The highest BCUT2D eigenvalue weighted by Crippen LogP contribution is 2.43. The van der Waals surface area contributed by atoms with E-state index in [1.54, 1.807) is 18.4 Å². The van der Waals surface area contributed by atoms with Crippen molar-refractivity contribution in [2.75, 3.05) is 20.3 Å². The van der Waals surface area contributed by atoms with Gasteiger partial charge in [0.2, 0.25) is 0 Å². The van der Waals surface area contributed by atoms with Gasteiger partial charge in [0.25, 0.3) is 5.91 Å². The number of H-pyrrole nitrogens is 1. The van der Waals surface area contributed by atoms with E-state index in [9.17, 15) is 4.79 Å². The predicted molar refractivity (Wildman–Crippen MR) is 93.1 cm³/mol. The van der Waals surface area contributed by atoms with Crippen molar-refractivity contribution in [3.8, 4) is 11.3 Å². The molecule has 6 heteroatoms. The number of thiophene rings is 1. The molecule has 24 heavy (non-hydrogen) atoms. The van der Waals surface area contributed by atoms with E-state index in [0.717, 1.165) is 21.7 Å². The van der Waals surface area contributed by atoms with Gasteiger partial charge in [0.1, 0.15) is 5.69 Å². The molecule has 0 spiro atoms. The number of ether oxygens (including phenoxy) is 1. The molecule has 0 saturated carbocycles. The molecule has 4 rings (SSSR count). The van der Waals surface area contributed by atoms with Gasteiger partial charge in [0, 0.05) is 29.7 Å². The molecule has 0 bridgehead atoms. The number of methoxy groups -OCH3 is 1. The number of hydrogen-bond acceptors (Lipinski definition) is 4. The van der Waals surface area contributed by atoms with E-state index < -0.39 is 0 Å². The Morgan fingerprint density at radius 1 is 1.25 bits per heavy atom. The summed E-state index contributed by atoms with van der Waals surface area (Å²) in [7, 11) is 1.65. The molecule has 1 amide bonds. The number of benzene rings is 1. The van der Waals surface area contributed by atoms with E-state index in [-0.39, 0.29) is 11.9 Å². The molecule has 3 heterocycles. The second-order valence-corrected chi connectivity index (χ2v) is 6.62. The zero-order valence-corrected chi connectivity index (χ0v) is 14.0. The van der Waals surface area contributed by atoms with Crippen LogP contribution in [0, 0.1) is 0 Å². The Labute approximate surface area is 143 Å². The summed E-state index contributed by atoms with van der Waals surface area (Å²) in [6, 6.07) is 13.9. The largest absolute Gasteiger partial charge is 0.383 e. The molecule has 1 unspecified atom stereocenters. The summed E-state index contributed by atoms with van der Waals surface area (Å²) < 4.78 is 5.19. The summed E-state index contributed by atoms with van der Waals surface area (Å²) in [6.45, 7) is 1.06. The number of hydrogen-bond donors (Lipinski definition) is 1. The van der Waals surface area contributed by atoms with Crippen LogP contribution in [-0.2, 0) is 4.74 Å². The van der Waals surface area contributed by atoms with Crippen LogP contribution in [0.4, 0.5) is 0 Å². The first kappa shape index (κ1) is 15.1. The highest BCUT2D eigenvalue weighted by Gasteiger charge is 2.42. The van der Waals surface area contributed by atoms with Crippen LogP contribution in [0.5, 0.6) is 0 Å². The fraction of sp³-hybridized carbons (Fsp3) is 0.222. The van der Waals surface area contributed by atoms with Gasteiger partial charge in [-0.1, -0.05) is 36.4 Å². The van der Waals surface area contributed by atoms with Crippen LogP contribution in [0.25, 0.3) is 11.3 Å². The van der Waals surface area contributed by atoms with E-state index >= 15 is 0 Å². The average Bonchev–Trinajstić information content (AvgIpc) is 3.32. The first-order chi connectivity index (χ1) is 11.8. The Morgan fingerprint density at radius 3 is 2.79 bits per heavy atom. The summed E-state index contributed by atoms with van der Waals surface area (Å²) in [4.78, 5) is 15.9. The SMILES string of the molecule is COCCN1C(=O)c2[nH]nc(-c3ccccc3)c2C1c1cccs1. The Kier molecular flexibility index (Phi) is 3.92. The molecule has 1 atom stereocenters. The summed E-state index contributed by atoms with van der Waals surface area (Å²) in [5, 5.41) is 9.43. The number of carbonyl (C=O) groups is 1. The zero-order valence-electron chi connectivity index (χ0n) is 13.2. The number of fused-ring (bicyclic) bond motifs is 1. The van der Waals surface area contributed by atoms with Gasteiger partial charge in [0.05, 0.1) is 18.3 Å². The zero-order chi connectivity index (χ0) is 16.5. The van der Waals surface area contributed by atoms with Gasteiger partial charge < -0.3 is 9.64 Å². The lowest BCUT2D eigenvalue weighted by Gasteiger charge is -2.24. The molecule has 1 N–H and O–H groups in total. The van der Waals surface area contributed by atoms with Gasteiger partial charge in [-0.05, 0) is 11.4 Å². The van der Waals surface area contributed by atoms with E-state index in [4.69, 9.17) is 4.74 Å². The molecule has 3 aromatic rings. The van der Waals surface area contributed by atoms with Crippen LogP contribution in [0.2, 0.25) is 0 Å². The van der Waals surface area contributed by atoms with Gasteiger partial charge >= 0.3 is 0 Å². The lowest BCUT2D eigenvalue weighted by Crippen LogP contribution is -2.32. The van der Waals surface area contributed by atoms with Gasteiger partial charge in [-0.15, -0.1) is 11.3 Å². The molecule has 1 aliphatic rings. The molecular weight excluding hydrogens is 322 g/mol. The first-order valence-electron chi connectivity index (χ1n) is 7.78. The number of carbonyl (C=O) groups excluding carboxylic acids is 1. The molecule has 122 valence electrons. The summed E-state index contributed by atoms with van der Waals surface area (Å²) in [5.74, 6) is -0.0184. The molecule has 0 radical (unpaired) electrons. The first-order valence-corrected chi connectivity index (χ1v) is 8.66. The van der Waals surface area contributed by atoms with Crippen LogP contribution >= 0.6 is 11.3 Å². The lowest BCUT2D eigenvalue weighted by atomic mass is 10.0. The third-order valence-corrected chi connectivity index (χ3v) is 5.18. The molecule has 0 aliphatic carbocycles. The van der Waals surface area contributed by atoms with Crippen LogP contribution in [-0.4, -0.2) is 41.3 Å². The third-order valence-electron chi connectivity index (χ3n) is 4.26. The maximum absolute atomic E-state index is 12.9. The highest BCUT2D eigenvalue weighted by atomic mass is 32.1. The Bertz CT molecular complexity index is 843. The Balaban J connectivity index is 1.84. The quantitative estimate of drug-likeness (QED) is 0.776. The maximum atomic E-state index is 12.9. The van der Waals surface area contributed by atoms with Crippen LogP contribution in [0.15, 0.2) is 47.8 Å². The minimum absolute atomic E-state index is 0.0184. The highest BCUT2D eigenvalue weighted by molar-refractivity contribution is 7.10. The second kappa shape index (κ2) is 6.22. The molecule has 0 fully saturated rings. The normalized spacial score (nSPS) is 16.6. The fourth-order valence-corrected chi connectivity index (χ4v) is 4.02. The van der Waals surface area contributed by atoms with Gasteiger partial charge in [0.15, 0.2) is 0 Å². The smallest absolute Gasteiger partial charge is 0.273 e. The molecular formula is C18H17N3O2S. The molecule has 0 saturated heterocycles. The fourth-order valence-electron chi connectivity index (χ4n) is 3.18. The van der Waals surface area contributed by atoms with Crippen molar-refractivity contribution in [1.29, 1.82) is 0 Å². The summed E-state index contributed by atoms with van der Waals surface area (Å²) in [5.41, 5.74) is 3.41. The van der Waals surface area contributed by atoms with Gasteiger partial charge in [-0.2, -0.15) is 5.10 Å². The number of amides is 1. The van der Waals surface area contributed by atoms with Crippen molar-refractivity contribution < 1.29 is 9.53 Å². The lowest BCUT2D eigenvalue weighted by molar-refractivity contribution is 0.0680. The van der Waals surface area contributed by atoms with Gasteiger partial charge in [-0.3, -0.25) is 9.89 Å². The van der Waals surface area contributed by atoms with Crippen LogP contribution in [0.3, 0.4) is 0 Å².